The summed E-state index contributed by atoms with van der Waals surface area (Å²) >= 11 is 0. The quantitative estimate of drug-likeness (QED) is 0.323. The molecule has 0 saturated carbocycles. The molecule has 3 rings (SSSR count). The minimum atomic E-state index is -0.642. The van der Waals surface area contributed by atoms with E-state index in [2.05, 4.69) is 32.0 Å². The summed E-state index contributed by atoms with van der Waals surface area (Å²) < 4.78 is 10.8. The zero-order valence-corrected chi connectivity index (χ0v) is 15.1. The summed E-state index contributed by atoms with van der Waals surface area (Å²) in [7, 11) is 0. The SMILES string of the molecule is CCCOC(=O)Oc1c2ccccc2cc2cc(CC)c(CC)cc12. The van der Waals surface area contributed by atoms with Gasteiger partial charge in [0.05, 0.1) is 6.61 Å². The second kappa shape index (κ2) is 7.56. The fourth-order valence-electron chi connectivity index (χ4n) is 3.23. The van der Waals surface area contributed by atoms with Gasteiger partial charge in [-0.15, -0.1) is 0 Å². The molecule has 3 nitrogen and oxygen atoms in total. The highest BCUT2D eigenvalue weighted by atomic mass is 16.7. The van der Waals surface area contributed by atoms with E-state index in [-0.39, 0.29) is 0 Å². The van der Waals surface area contributed by atoms with Crippen LogP contribution in [0.2, 0.25) is 0 Å². The molecule has 0 fully saturated rings. The van der Waals surface area contributed by atoms with Gasteiger partial charge >= 0.3 is 6.16 Å². The van der Waals surface area contributed by atoms with Gasteiger partial charge in [0.2, 0.25) is 0 Å². The molecule has 0 aliphatic rings. The van der Waals surface area contributed by atoms with Gasteiger partial charge in [-0.25, -0.2) is 4.79 Å². The van der Waals surface area contributed by atoms with Crippen molar-refractivity contribution in [2.45, 2.75) is 40.0 Å². The van der Waals surface area contributed by atoms with Crippen molar-refractivity contribution in [2.24, 2.45) is 0 Å². The number of hydrogen-bond donors (Lipinski definition) is 0. The zero-order valence-electron chi connectivity index (χ0n) is 15.1. The largest absolute Gasteiger partial charge is 0.513 e. The Labute approximate surface area is 148 Å². The van der Waals surface area contributed by atoms with Crippen LogP contribution in [-0.4, -0.2) is 12.8 Å². The molecular weight excluding hydrogens is 312 g/mol. The second-order valence-corrected chi connectivity index (χ2v) is 6.18. The molecule has 0 bridgehead atoms. The second-order valence-electron chi connectivity index (χ2n) is 6.18. The van der Waals surface area contributed by atoms with E-state index in [0.717, 1.165) is 40.8 Å². The Kier molecular flexibility index (Phi) is 5.22. The van der Waals surface area contributed by atoms with E-state index in [1.54, 1.807) is 0 Å². The first kappa shape index (κ1) is 17.3. The lowest BCUT2D eigenvalue weighted by Gasteiger charge is -2.15. The average molecular weight is 336 g/mol. The van der Waals surface area contributed by atoms with Crippen molar-refractivity contribution in [1.82, 2.24) is 0 Å². The number of carbonyl (C=O) groups is 1. The molecule has 0 atom stereocenters. The van der Waals surface area contributed by atoms with E-state index in [0.29, 0.717) is 12.4 Å². The van der Waals surface area contributed by atoms with Gasteiger partial charge in [0.25, 0.3) is 0 Å². The van der Waals surface area contributed by atoms with Crippen LogP contribution in [0.25, 0.3) is 21.5 Å². The van der Waals surface area contributed by atoms with E-state index in [9.17, 15) is 4.79 Å². The van der Waals surface area contributed by atoms with Gasteiger partial charge in [-0.3, -0.25) is 0 Å². The van der Waals surface area contributed by atoms with E-state index in [4.69, 9.17) is 9.47 Å². The molecule has 0 aromatic heterocycles. The first-order valence-corrected chi connectivity index (χ1v) is 8.99. The minimum absolute atomic E-state index is 0.363. The Morgan fingerprint density at radius 2 is 1.60 bits per heavy atom. The fourth-order valence-corrected chi connectivity index (χ4v) is 3.23. The topological polar surface area (TPSA) is 35.5 Å². The normalized spacial score (nSPS) is 11.0. The minimum Gasteiger partial charge on any atom is -0.434 e. The van der Waals surface area contributed by atoms with Crippen LogP contribution in [0.3, 0.4) is 0 Å². The highest BCUT2D eigenvalue weighted by Gasteiger charge is 2.15. The average Bonchev–Trinajstić information content (AvgIpc) is 2.65. The molecule has 0 amide bonds. The van der Waals surface area contributed by atoms with Gasteiger partial charge < -0.3 is 9.47 Å². The first-order chi connectivity index (χ1) is 12.2. The Hall–Kier alpha value is -2.55. The molecule has 130 valence electrons. The first-order valence-electron chi connectivity index (χ1n) is 8.99. The summed E-state index contributed by atoms with van der Waals surface area (Å²) in [6, 6.07) is 14.5. The Bertz CT molecular complexity index is 912. The number of benzene rings is 3. The van der Waals surface area contributed by atoms with Crippen molar-refractivity contribution in [1.29, 1.82) is 0 Å². The van der Waals surface area contributed by atoms with Crippen LogP contribution in [0.5, 0.6) is 5.75 Å². The van der Waals surface area contributed by atoms with Crippen molar-refractivity contribution in [3.8, 4) is 5.75 Å². The number of rotatable bonds is 5. The van der Waals surface area contributed by atoms with Gasteiger partial charge in [-0.1, -0.05) is 51.1 Å². The third kappa shape index (κ3) is 3.46. The predicted molar refractivity (Wildman–Crippen MR) is 102 cm³/mol. The zero-order chi connectivity index (χ0) is 17.8. The van der Waals surface area contributed by atoms with Gasteiger partial charge in [-0.05, 0) is 53.3 Å². The number of hydrogen-bond acceptors (Lipinski definition) is 3. The standard InChI is InChI=1S/C22H24O3/c1-4-11-24-22(23)25-21-19-10-8-7-9-17(19)13-18-12-15(5-2)16(6-3)14-20(18)21/h7-10,12-14H,4-6,11H2,1-3H3. The Morgan fingerprint density at radius 3 is 2.32 bits per heavy atom. The van der Waals surface area contributed by atoms with Crippen LogP contribution in [0.4, 0.5) is 4.79 Å². The van der Waals surface area contributed by atoms with Crippen LogP contribution in [-0.2, 0) is 17.6 Å². The summed E-state index contributed by atoms with van der Waals surface area (Å²) in [6.07, 6.45) is 2.06. The maximum atomic E-state index is 12.1. The van der Waals surface area contributed by atoms with E-state index in [1.807, 2.05) is 31.2 Å². The van der Waals surface area contributed by atoms with E-state index in [1.165, 1.54) is 11.1 Å². The molecule has 3 aromatic rings. The molecular formula is C22H24O3. The molecule has 0 radical (unpaired) electrons. The monoisotopic (exact) mass is 336 g/mol. The molecule has 3 aromatic carbocycles. The molecule has 0 aliphatic heterocycles. The van der Waals surface area contributed by atoms with Crippen molar-refractivity contribution in [3.05, 3.63) is 53.6 Å². The van der Waals surface area contributed by atoms with Crippen molar-refractivity contribution < 1.29 is 14.3 Å². The molecule has 3 heteroatoms. The Balaban J connectivity index is 2.22. The summed E-state index contributed by atoms with van der Waals surface area (Å²) in [5.41, 5.74) is 2.63. The highest BCUT2D eigenvalue weighted by molar-refractivity contribution is 6.06. The third-order valence-electron chi connectivity index (χ3n) is 4.50. The van der Waals surface area contributed by atoms with Gasteiger partial charge in [0.1, 0.15) is 5.75 Å². The number of ether oxygens (including phenoxy) is 2. The number of fused-ring (bicyclic) bond motifs is 2. The maximum absolute atomic E-state index is 12.1. The summed E-state index contributed by atoms with van der Waals surface area (Å²) in [6.45, 7) is 6.64. The molecule has 25 heavy (non-hydrogen) atoms. The van der Waals surface area contributed by atoms with Crippen molar-refractivity contribution in [2.75, 3.05) is 6.61 Å². The van der Waals surface area contributed by atoms with Gasteiger partial charge in [0, 0.05) is 10.8 Å². The summed E-state index contributed by atoms with van der Waals surface area (Å²) in [5.74, 6) is 0.589. The molecule has 0 spiro atoms. The third-order valence-corrected chi connectivity index (χ3v) is 4.50. The molecule has 0 N–H and O–H groups in total. The van der Waals surface area contributed by atoms with Crippen LogP contribution in [0, 0.1) is 0 Å². The lowest BCUT2D eigenvalue weighted by Crippen LogP contribution is -2.11. The van der Waals surface area contributed by atoms with E-state index >= 15 is 0 Å². The highest BCUT2D eigenvalue weighted by Crippen LogP contribution is 2.37. The lowest BCUT2D eigenvalue weighted by molar-refractivity contribution is 0.100. The Morgan fingerprint density at radius 1 is 0.880 bits per heavy atom. The van der Waals surface area contributed by atoms with Crippen LogP contribution in [0.1, 0.15) is 38.3 Å². The van der Waals surface area contributed by atoms with E-state index < -0.39 is 6.16 Å². The predicted octanol–water partition coefficient (Wildman–Crippen LogP) is 6.04. The lowest BCUT2D eigenvalue weighted by atomic mass is 9.95. The number of carbonyl (C=O) groups excluding carboxylic acids is 1. The molecule has 0 aliphatic carbocycles. The van der Waals surface area contributed by atoms with Crippen molar-refractivity contribution in [3.63, 3.8) is 0 Å². The van der Waals surface area contributed by atoms with Gasteiger partial charge in [-0.2, -0.15) is 0 Å². The van der Waals surface area contributed by atoms with Crippen LogP contribution in [0.15, 0.2) is 42.5 Å². The van der Waals surface area contributed by atoms with Crippen LogP contribution >= 0.6 is 0 Å². The molecule has 0 heterocycles. The fraction of sp³-hybridized carbons (Fsp3) is 0.318. The van der Waals surface area contributed by atoms with Crippen LogP contribution < -0.4 is 4.74 Å². The summed E-state index contributed by atoms with van der Waals surface area (Å²) in [4.78, 5) is 12.1. The maximum Gasteiger partial charge on any atom is 0.513 e. The van der Waals surface area contributed by atoms with Gasteiger partial charge in [0.15, 0.2) is 0 Å². The molecule has 0 saturated heterocycles. The smallest absolute Gasteiger partial charge is 0.434 e. The summed E-state index contributed by atoms with van der Waals surface area (Å²) in [5, 5.41) is 4.03. The number of aryl methyl sites for hydroxylation is 2. The molecule has 0 unspecified atom stereocenters. The van der Waals surface area contributed by atoms with Crippen molar-refractivity contribution >= 4 is 27.7 Å².